The van der Waals surface area contributed by atoms with Crippen molar-refractivity contribution in [3.8, 4) is 6.07 Å². The van der Waals surface area contributed by atoms with Crippen molar-refractivity contribution in [2.75, 3.05) is 5.32 Å². The van der Waals surface area contributed by atoms with E-state index in [9.17, 15) is 13.6 Å². The average Bonchev–Trinajstić information content (AvgIpc) is 2.94. The van der Waals surface area contributed by atoms with E-state index in [0.29, 0.717) is 0 Å². The molecule has 1 N–H and O–H groups in total. The molecule has 22 heavy (non-hydrogen) atoms. The number of carbonyl (C=O) groups is 1. The topological polar surface area (TPSA) is 88.5 Å². The van der Waals surface area contributed by atoms with Gasteiger partial charge in [-0.2, -0.15) is 15.5 Å². The molecule has 0 saturated carbocycles. The highest BCUT2D eigenvalue weighted by atomic mass is 35.5. The molecule has 0 aliphatic heterocycles. The molecular formula is C12H11ClF2N6O. The summed E-state index contributed by atoms with van der Waals surface area (Å²) < 4.78 is 27.8. The van der Waals surface area contributed by atoms with Crippen LogP contribution in [0, 0.1) is 18.3 Å². The summed E-state index contributed by atoms with van der Waals surface area (Å²) in [5.41, 5.74) is -0.109. The molecule has 10 heteroatoms. The van der Waals surface area contributed by atoms with Gasteiger partial charge < -0.3 is 5.32 Å². The fraction of sp³-hybridized carbons (Fsp3) is 0.333. The van der Waals surface area contributed by atoms with Crippen LogP contribution in [0.15, 0.2) is 6.20 Å². The number of hydrogen-bond acceptors (Lipinski definition) is 4. The van der Waals surface area contributed by atoms with Crippen molar-refractivity contribution in [1.29, 1.82) is 5.26 Å². The second-order valence-electron chi connectivity index (χ2n) is 4.43. The number of rotatable bonds is 4. The highest BCUT2D eigenvalue weighted by Crippen LogP contribution is 2.28. The Hall–Kier alpha value is -2.47. The minimum atomic E-state index is -2.82. The van der Waals surface area contributed by atoms with Gasteiger partial charge in [0.05, 0.1) is 16.9 Å². The average molecular weight is 329 g/mol. The molecule has 7 nitrogen and oxygen atoms in total. The minimum Gasteiger partial charge on any atom is -0.308 e. The van der Waals surface area contributed by atoms with Gasteiger partial charge in [-0.1, -0.05) is 11.6 Å². The summed E-state index contributed by atoms with van der Waals surface area (Å²) in [5.74, 6) is -0.319. The molecule has 2 heterocycles. The molecule has 0 spiro atoms. The molecular weight excluding hydrogens is 318 g/mol. The van der Waals surface area contributed by atoms with Crippen LogP contribution in [0.3, 0.4) is 0 Å². The summed E-state index contributed by atoms with van der Waals surface area (Å²) in [7, 11) is 1.56. The largest absolute Gasteiger partial charge is 0.308 e. The smallest absolute Gasteiger partial charge is 0.283 e. The van der Waals surface area contributed by atoms with E-state index in [-0.39, 0.29) is 28.6 Å². The van der Waals surface area contributed by atoms with Crippen molar-refractivity contribution >= 4 is 23.3 Å². The fourth-order valence-corrected chi connectivity index (χ4v) is 2.03. The molecule has 0 fully saturated rings. The van der Waals surface area contributed by atoms with Gasteiger partial charge in [-0.25, -0.2) is 8.78 Å². The van der Waals surface area contributed by atoms with Gasteiger partial charge in [0.25, 0.3) is 6.43 Å². The van der Waals surface area contributed by atoms with Crippen LogP contribution < -0.4 is 5.32 Å². The number of carbonyl (C=O) groups excluding carboxylic acids is 1. The lowest BCUT2D eigenvalue weighted by Gasteiger charge is -2.07. The Morgan fingerprint density at radius 1 is 1.59 bits per heavy atom. The van der Waals surface area contributed by atoms with Crippen LogP contribution in [-0.2, 0) is 18.4 Å². The highest BCUT2D eigenvalue weighted by Gasteiger charge is 2.22. The predicted molar refractivity (Wildman–Crippen MR) is 73.5 cm³/mol. The van der Waals surface area contributed by atoms with Crippen molar-refractivity contribution in [1.82, 2.24) is 19.6 Å². The SMILES string of the molecule is Cc1c(Cl)c(C(F)F)nn1CC(=O)Nc1c(C#N)cnn1C. The number of nitrogens with one attached hydrogen (secondary N) is 1. The first kappa shape index (κ1) is 15.9. The second kappa shape index (κ2) is 6.11. The van der Waals surface area contributed by atoms with Crippen LogP contribution in [-0.4, -0.2) is 25.5 Å². The molecule has 2 aromatic heterocycles. The number of aryl methyl sites for hydroxylation is 1. The van der Waals surface area contributed by atoms with E-state index >= 15 is 0 Å². The maximum absolute atomic E-state index is 12.7. The van der Waals surface area contributed by atoms with Crippen molar-refractivity contribution in [3.63, 3.8) is 0 Å². The number of anilines is 1. The first-order valence-corrected chi connectivity index (χ1v) is 6.45. The van der Waals surface area contributed by atoms with Gasteiger partial charge in [0, 0.05) is 7.05 Å². The lowest BCUT2D eigenvalue weighted by Crippen LogP contribution is -2.22. The zero-order valence-electron chi connectivity index (χ0n) is 11.6. The Balaban J connectivity index is 2.18. The van der Waals surface area contributed by atoms with Crippen LogP contribution in [0.2, 0.25) is 5.02 Å². The summed E-state index contributed by atoms with van der Waals surface area (Å²) in [4.78, 5) is 12.0. The summed E-state index contributed by atoms with van der Waals surface area (Å²) in [6.07, 6.45) is -1.52. The van der Waals surface area contributed by atoms with Gasteiger partial charge in [0.15, 0.2) is 0 Å². The Morgan fingerprint density at radius 2 is 2.27 bits per heavy atom. The van der Waals surface area contributed by atoms with E-state index in [1.54, 1.807) is 7.05 Å². The van der Waals surface area contributed by atoms with Crippen molar-refractivity contribution < 1.29 is 13.6 Å². The van der Waals surface area contributed by atoms with Gasteiger partial charge in [0.1, 0.15) is 29.7 Å². The van der Waals surface area contributed by atoms with E-state index in [1.807, 2.05) is 6.07 Å². The zero-order chi connectivity index (χ0) is 16.4. The molecule has 0 aliphatic rings. The lowest BCUT2D eigenvalue weighted by molar-refractivity contribution is -0.117. The van der Waals surface area contributed by atoms with Gasteiger partial charge in [-0.3, -0.25) is 14.2 Å². The molecule has 116 valence electrons. The first-order valence-electron chi connectivity index (χ1n) is 6.08. The fourth-order valence-electron chi connectivity index (χ4n) is 1.82. The van der Waals surface area contributed by atoms with Crippen molar-refractivity contribution in [2.24, 2.45) is 7.05 Å². The number of halogens is 3. The maximum Gasteiger partial charge on any atom is 0.283 e. The summed E-state index contributed by atoms with van der Waals surface area (Å²) in [6.45, 7) is 1.17. The zero-order valence-corrected chi connectivity index (χ0v) is 12.4. The Bertz CT molecular complexity index is 760. The normalized spacial score (nSPS) is 10.8. The van der Waals surface area contributed by atoms with Crippen molar-refractivity contribution in [2.45, 2.75) is 19.9 Å². The standard InChI is InChI=1S/C12H11ClF2N6O/c1-6-9(13)10(11(14)15)19-21(6)5-8(22)18-12-7(3-16)4-17-20(12)2/h4,11H,5H2,1-2H3,(H,18,22). The van der Waals surface area contributed by atoms with Gasteiger partial charge in [-0.05, 0) is 6.92 Å². The quantitative estimate of drug-likeness (QED) is 0.930. The summed E-state index contributed by atoms with van der Waals surface area (Å²) >= 11 is 5.76. The third-order valence-corrected chi connectivity index (χ3v) is 3.44. The number of hydrogen-bond donors (Lipinski definition) is 1. The number of nitrogens with zero attached hydrogens (tertiary/aromatic N) is 5. The van der Waals surface area contributed by atoms with Crippen LogP contribution >= 0.6 is 11.6 Å². The van der Waals surface area contributed by atoms with Gasteiger partial charge in [-0.15, -0.1) is 0 Å². The predicted octanol–water partition coefficient (Wildman–Crippen LogP) is 2.03. The summed E-state index contributed by atoms with van der Waals surface area (Å²) in [6, 6.07) is 1.88. The third kappa shape index (κ3) is 2.92. The van der Waals surface area contributed by atoms with Crippen LogP contribution in [0.5, 0.6) is 0 Å². The molecule has 1 amide bonds. The Kier molecular flexibility index (Phi) is 4.42. The van der Waals surface area contributed by atoms with Crippen LogP contribution in [0.25, 0.3) is 0 Å². The lowest BCUT2D eigenvalue weighted by atomic mass is 10.3. The molecule has 2 aromatic rings. The number of amides is 1. The van der Waals surface area contributed by atoms with Crippen LogP contribution in [0.1, 0.15) is 23.4 Å². The number of aromatic nitrogens is 4. The van der Waals surface area contributed by atoms with Crippen molar-refractivity contribution in [3.05, 3.63) is 28.2 Å². The molecule has 0 saturated heterocycles. The third-order valence-electron chi connectivity index (χ3n) is 2.98. The van der Waals surface area contributed by atoms with Crippen LogP contribution in [0.4, 0.5) is 14.6 Å². The molecule has 0 radical (unpaired) electrons. The highest BCUT2D eigenvalue weighted by molar-refractivity contribution is 6.31. The minimum absolute atomic E-state index is 0.166. The van der Waals surface area contributed by atoms with E-state index in [0.717, 1.165) is 4.68 Å². The van der Waals surface area contributed by atoms with E-state index in [1.165, 1.54) is 17.8 Å². The van der Waals surface area contributed by atoms with E-state index < -0.39 is 18.0 Å². The Labute approximate surface area is 129 Å². The van der Waals surface area contributed by atoms with Gasteiger partial charge >= 0.3 is 0 Å². The Morgan fingerprint density at radius 3 is 2.82 bits per heavy atom. The number of alkyl halides is 2. The molecule has 2 rings (SSSR count). The maximum atomic E-state index is 12.7. The number of nitriles is 1. The molecule has 0 atom stereocenters. The molecule has 0 bridgehead atoms. The first-order chi connectivity index (χ1) is 10.3. The molecule has 0 aliphatic carbocycles. The monoisotopic (exact) mass is 328 g/mol. The summed E-state index contributed by atoms with van der Waals surface area (Å²) in [5, 5.41) is 18.7. The molecule has 0 unspecified atom stereocenters. The second-order valence-corrected chi connectivity index (χ2v) is 4.81. The van der Waals surface area contributed by atoms with E-state index in [4.69, 9.17) is 16.9 Å². The van der Waals surface area contributed by atoms with Gasteiger partial charge in [0.2, 0.25) is 5.91 Å². The molecule has 0 aromatic carbocycles. The van der Waals surface area contributed by atoms with E-state index in [2.05, 4.69) is 15.5 Å².